The zero-order valence-corrected chi connectivity index (χ0v) is 26.9. The van der Waals surface area contributed by atoms with E-state index in [4.69, 9.17) is 9.98 Å². The average molecular weight is 628 g/mol. The molecule has 1 heterocycles. The molecule has 0 aromatic heterocycles. The van der Waals surface area contributed by atoms with Crippen molar-refractivity contribution in [1.82, 2.24) is 5.32 Å². The van der Waals surface area contributed by atoms with Crippen molar-refractivity contribution in [3.05, 3.63) is 227 Å². The van der Waals surface area contributed by atoms with Crippen LogP contribution in [0.4, 0.5) is 0 Å². The van der Waals surface area contributed by atoms with Gasteiger partial charge in [0.2, 0.25) is 0 Å². The fraction of sp³-hybridized carbons (Fsp3) is 0.0435. The Morgan fingerprint density at radius 2 is 0.857 bits per heavy atom. The smallest absolute Gasteiger partial charge is 0.169 e. The summed E-state index contributed by atoms with van der Waals surface area (Å²) in [6.45, 7) is 0. The number of amidine groups is 2. The topological polar surface area (TPSA) is 36.8 Å². The Kier molecular flexibility index (Phi) is 7.09. The number of aliphatic imine (C=N–C) groups is 2. The molecule has 0 unspecified atom stereocenters. The van der Waals surface area contributed by atoms with Crippen LogP contribution in [0.15, 0.2) is 198 Å². The summed E-state index contributed by atoms with van der Waals surface area (Å²) in [6, 6.07) is 67.1. The van der Waals surface area contributed by atoms with Crippen molar-refractivity contribution in [1.29, 1.82) is 0 Å². The lowest BCUT2D eigenvalue weighted by atomic mass is 9.67. The quantitative estimate of drug-likeness (QED) is 0.196. The van der Waals surface area contributed by atoms with Crippen molar-refractivity contribution < 1.29 is 0 Å². The number of benzene rings is 7. The lowest BCUT2D eigenvalue weighted by Gasteiger charge is -2.34. The van der Waals surface area contributed by atoms with Gasteiger partial charge in [-0.25, -0.2) is 9.98 Å². The van der Waals surface area contributed by atoms with Gasteiger partial charge >= 0.3 is 0 Å². The molecule has 49 heavy (non-hydrogen) atoms. The first-order valence-corrected chi connectivity index (χ1v) is 16.8. The van der Waals surface area contributed by atoms with Crippen LogP contribution in [-0.2, 0) is 5.41 Å². The van der Waals surface area contributed by atoms with Crippen molar-refractivity contribution in [3.63, 3.8) is 0 Å². The molecule has 1 aliphatic carbocycles. The Balaban J connectivity index is 1.14. The molecule has 0 amide bonds. The van der Waals surface area contributed by atoms with Gasteiger partial charge in [-0.1, -0.05) is 182 Å². The molecule has 3 heteroatoms. The van der Waals surface area contributed by atoms with E-state index in [1.807, 2.05) is 36.4 Å². The van der Waals surface area contributed by atoms with Crippen LogP contribution in [0, 0.1) is 0 Å². The number of nitrogens with one attached hydrogen (secondary N) is 1. The summed E-state index contributed by atoms with van der Waals surface area (Å²) in [5.41, 5.74) is 12.8. The van der Waals surface area contributed by atoms with Gasteiger partial charge in [-0.2, -0.15) is 0 Å². The third-order valence-corrected chi connectivity index (χ3v) is 9.83. The molecule has 2 aliphatic rings. The number of nitrogens with zero attached hydrogens (tertiary/aromatic N) is 2. The van der Waals surface area contributed by atoms with Crippen LogP contribution in [0.2, 0.25) is 0 Å². The molecular weight excluding hydrogens is 595 g/mol. The summed E-state index contributed by atoms with van der Waals surface area (Å²) < 4.78 is 0. The molecule has 0 saturated carbocycles. The second-order valence-corrected chi connectivity index (χ2v) is 12.6. The van der Waals surface area contributed by atoms with Crippen LogP contribution in [0.1, 0.15) is 45.1 Å². The fourth-order valence-corrected chi connectivity index (χ4v) is 7.56. The molecule has 0 bridgehead atoms. The molecule has 0 fully saturated rings. The van der Waals surface area contributed by atoms with E-state index in [2.05, 4.69) is 157 Å². The highest BCUT2D eigenvalue weighted by molar-refractivity contribution is 6.15. The van der Waals surface area contributed by atoms with Gasteiger partial charge in [0.05, 0.1) is 5.41 Å². The van der Waals surface area contributed by atoms with Gasteiger partial charge in [0.15, 0.2) is 6.17 Å². The van der Waals surface area contributed by atoms with E-state index in [9.17, 15) is 0 Å². The minimum Gasteiger partial charge on any atom is -0.324 e. The molecule has 0 spiro atoms. The van der Waals surface area contributed by atoms with Crippen molar-refractivity contribution in [3.8, 4) is 22.3 Å². The minimum absolute atomic E-state index is 0.362. The molecule has 9 rings (SSSR count). The molecule has 3 nitrogen and oxygen atoms in total. The van der Waals surface area contributed by atoms with Crippen LogP contribution in [0.25, 0.3) is 22.3 Å². The van der Waals surface area contributed by atoms with Crippen LogP contribution < -0.4 is 5.32 Å². The van der Waals surface area contributed by atoms with Gasteiger partial charge in [-0.15, -0.1) is 0 Å². The highest BCUT2D eigenvalue weighted by Gasteiger charge is 2.46. The van der Waals surface area contributed by atoms with Crippen molar-refractivity contribution >= 4 is 11.7 Å². The summed E-state index contributed by atoms with van der Waals surface area (Å²) in [6.07, 6.45) is -0.362. The Hall–Kier alpha value is -6.32. The predicted octanol–water partition coefficient (Wildman–Crippen LogP) is 10.2. The predicted molar refractivity (Wildman–Crippen MR) is 201 cm³/mol. The van der Waals surface area contributed by atoms with Crippen LogP contribution in [-0.4, -0.2) is 11.7 Å². The average Bonchev–Trinajstić information content (AvgIpc) is 3.49. The third kappa shape index (κ3) is 4.90. The highest BCUT2D eigenvalue weighted by Crippen LogP contribution is 2.56. The van der Waals surface area contributed by atoms with E-state index in [1.165, 1.54) is 38.9 Å². The molecule has 1 N–H and O–H groups in total. The van der Waals surface area contributed by atoms with Gasteiger partial charge in [0.25, 0.3) is 0 Å². The van der Waals surface area contributed by atoms with E-state index in [0.717, 1.165) is 33.9 Å². The summed E-state index contributed by atoms with van der Waals surface area (Å²) in [5.74, 6) is 1.64. The largest absolute Gasteiger partial charge is 0.324 e. The molecule has 7 aromatic carbocycles. The SMILES string of the molecule is c1ccc(C2=NC(c3ccc(-c4ccc5c(c4)C(c4ccccc4)(c4ccccc4)c4ccccc4-5)cc3)N=C(c3ccccc3)N2)cc1. The second kappa shape index (κ2) is 12.0. The molecule has 232 valence electrons. The molecular formula is C46H33N3. The van der Waals surface area contributed by atoms with Gasteiger partial charge in [-0.3, -0.25) is 0 Å². The summed E-state index contributed by atoms with van der Waals surface area (Å²) in [4.78, 5) is 10.1. The number of rotatable bonds is 6. The van der Waals surface area contributed by atoms with Crippen molar-refractivity contribution in [2.45, 2.75) is 11.6 Å². The molecule has 0 saturated heterocycles. The maximum atomic E-state index is 5.07. The second-order valence-electron chi connectivity index (χ2n) is 12.6. The minimum atomic E-state index is -0.426. The van der Waals surface area contributed by atoms with Gasteiger partial charge in [0.1, 0.15) is 11.7 Å². The lowest BCUT2D eigenvalue weighted by Crippen LogP contribution is -2.35. The highest BCUT2D eigenvalue weighted by atomic mass is 15.2. The number of fused-ring (bicyclic) bond motifs is 3. The Bertz CT molecular complexity index is 2230. The summed E-state index contributed by atoms with van der Waals surface area (Å²) in [7, 11) is 0. The number of hydrogen-bond donors (Lipinski definition) is 1. The third-order valence-electron chi connectivity index (χ3n) is 9.83. The maximum Gasteiger partial charge on any atom is 0.169 e. The van der Waals surface area contributed by atoms with Crippen LogP contribution in [0.5, 0.6) is 0 Å². The molecule has 0 radical (unpaired) electrons. The lowest BCUT2D eigenvalue weighted by molar-refractivity contribution is 0.756. The van der Waals surface area contributed by atoms with E-state index >= 15 is 0 Å². The normalized spacial score (nSPS) is 14.6. The summed E-state index contributed by atoms with van der Waals surface area (Å²) in [5, 5.41) is 3.49. The Labute approximate surface area is 287 Å². The first-order valence-electron chi connectivity index (χ1n) is 16.8. The Morgan fingerprint density at radius 3 is 1.43 bits per heavy atom. The van der Waals surface area contributed by atoms with E-state index in [-0.39, 0.29) is 6.17 Å². The van der Waals surface area contributed by atoms with Crippen molar-refractivity contribution in [2.75, 3.05) is 0 Å². The first kappa shape index (κ1) is 28.9. The number of hydrogen-bond acceptors (Lipinski definition) is 3. The van der Waals surface area contributed by atoms with Crippen LogP contribution in [0.3, 0.4) is 0 Å². The fourth-order valence-electron chi connectivity index (χ4n) is 7.56. The molecule has 1 aliphatic heterocycles. The zero-order chi connectivity index (χ0) is 32.6. The van der Waals surface area contributed by atoms with E-state index in [0.29, 0.717) is 0 Å². The van der Waals surface area contributed by atoms with Gasteiger partial charge < -0.3 is 5.32 Å². The molecule has 0 atom stereocenters. The van der Waals surface area contributed by atoms with Crippen molar-refractivity contribution in [2.24, 2.45) is 9.98 Å². The first-order chi connectivity index (χ1) is 24.3. The monoisotopic (exact) mass is 627 g/mol. The van der Waals surface area contributed by atoms with Gasteiger partial charge in [0, 0.05) is 11.1 Å². The Morgan fingerprint density at radius 1 is 0.388 bits per heavy atom. The van der Waals surface area contributed by atoms with Crippen LogP contribution >= 0.6 is 0 Å². The standard InChI is InChI=1S/C46H33N3/c1-5-15-33(16-6-1)43-47-44(34-17-7-2-8-18-34)49-45(48-43)35-27-25-32(26-28-35)36-29-30-40-39-23-13-14-24-41(39)46(42(40)31-36,37-19-9-3-10-20-37)38-21-11-4-12-22-38/h1-31,45H,(H,47,48,49). The maximum absolute atomic E-state index is 5.07. The van der Waals surface area contributed by atoms with E-state index in [1.54, 1.807) is 0 Å². The van der Waals surface area contributed by atoms with E-state index < -0.39 is 5.41 Å². The zero-order valence-electron chi connectivity index (χ0n) is 26.9. The summed E-state index contributed by atoms with van der Waals surface area (Å²) >= 11 is 0. The van der Waals surface area contributed by atoms with Gasteiger partial charge in [-0.05, 0) is 56.1 Å². The molecule has 7 aromatic rings.